The van der Waals surface area contributed by atoms with Crippen LogP contribution in [0.25, 0.3) is 10.9 Å². The van der Waals surface area contributed by atoms with E-state index in [1.165, 1.54) is 0 Å². The highest BCUT2D eigenvalue weighted by molar-refractivity contribution is 8.00. The van der Waals surface area contributed by atoms with Crippen LogP contribution >= 0.6 is 11.8 Å². The van der Waals surface area contributed by atoms with Crippen molar-refractivity contribution in [2.45, 2.75) is 114 Å². The summed E-state index contributed by atoms with van der Waals surface area (Å²) in [6, 6.07) is 9.00. The number of carbonyl (C=O) groups is 7. The number of hydrogen-bond acceptors (Lipinski definition) is 19. The number of aromatic nitrogens is 1. The van der Waals surface area contributed by atoms with Gasteiger partial charge in [0.25, 0.3) is 0 Å². The molecule has 0 amide bonds. The molecule has 3 heterocycles. The summed E-state index contributed by atoms with van der Waals surface area (Å²) in [6.07, 6.45) is -12.1. The van der Waals surface area contributed by atoms with E-state index < -0.39 is 116 Å². The Morgan fingerprint density at radius 2 is 1.06 bits per heavy atom. The SMILES string of the molecule is CC(=O)OC[C@H]1O[C@@H](Sc2cccc3cccnc23)[C@H](OC(C)=O)[C@@H](OC(C)=O)[C@@H]1O[C@H]1O[C@H](COC(C)=O)[C@@H](OC(C)=O)[C@H](OC(C)=O)[C@H]1OC(C)=O. The number of thioether (sulfide) groups is 1. The molecule has 19 heteroatoms. The van der Waals surface area contributed by atoms with Gasteiger partial charge in [-0.25, -0.2) is 0 Å². The minimum Gasteiger partial charge on any atom is -0.463 e. The Morgan fingerprint density at radius 1 is 0.574 bits per heavy atom. The van der Waals surface area contributed by atoms with Crippen LogP contribution in [0.1, 0.15) is 48.5 Å². The van der Waals surface area contributed by atoms with Gasteiger partial charge < -0.3 is 47.4 Å². The van der Waals surface area contributed by atoms with Gasteiger partial charge in [0.05, 0.1) is 5.52 Å². The summed E-state index contributed by atoms with van der Waals surface area (Å²) in [5, 5.41) is 0.792. The fourth-order valence-electron chi connectivity index (χ4n) is 5.86. The third-order valence-corrected chi connectivity index (χ3v) is 8.92. The molecular formula is C35H41NO17S. The lowest BCUT2D eigenvalue weighted by molar-refractivity contribution is -0.341. The van der Waals surface area contributed by atoms with Crippen molar-refractivity contribution in [3.63, 3.8) is 0 Å². The average molecular weight is 780 g/mol. The van der Waals surface area contributed by atoms with Crippen LogP contribution < -0.4 is 0 Å². The number of para-hydroxylation sites is 1. The summed E-state index contributed by atoms with van der Waals surface area (Å²) in [5.74, 6) is -5.71. The van der Waals surface area contributed by atoms with Crippen LogP contribution in [0, 0.1) is 0 Å². The molecule has 2 aliphatic rings. The van der Waals surface area contributed by atoms with E-state index in [4.69, 9.17) is 47.4 Å². The zero-order valence-corrected chi connectivity index (χ0v) is 31.3. The summed E-state index contributed by atoms with van der Waals surface area (Å²) in [4.78, 5) is 91.3. The molecule has 10 atom stereocenters. The number of hydrogen-bond donors (Lipinski definition) is 0. The average Bonchev–Trinajstić information content (AvgIpc) is 3.07. The number of nitrogens with zero attached hydrogens (tertiary/aromatic N) is 1. The molecule has 0 spiro atoms. The van der Waals surface area contributed by atoms with E-state index in [-0.39, 0.29) is 0 Å². The molecule has 2 aliphatic heterocycles. The van der Waals surface area contributed by atoms with Crippen molar-refractivity contribution >= 4 is 64.4 Å². The van der Waals surface area contributed by atoms with Crippen LogP contribution in [0.15, 0.2) is 41.4 Å². The van der Waals surface area contributed by atoms with Gasteiger partial charge in [-0.05, 0) is 12.1 Å². The van der Waals surface area contributed by atoms with Gasteiger partial charge in [-0.1, -0.05) is 30.0 Å². The first-order valence-corrected chi connectivity index (χ1v) is 17.5. The van der Waals surface area contributed by atoms with Crippen molar-refractivity contribution in [1.29, 1.82) is 0 Å². The first kappa shape index (κ1) is 41.9. The fraction of sp³-hybridized carbons (Fsp3) is 0.543. The predicted octanol–water partition coefficient (Wildman–Crippen LogP) is 1.95. The molecule has 294 valence electrons. The smallest absolute Gasteiger partial charge is 0.303 e. The van der Waals surface area contributed by atoms with Crippen LogP contribution in [-0.2, 0) is 80.9 Å². The van der Waals surface area contributed by atoms with E-state index in [1.54, 1.807) is 24.4 Å². The summed E-state index contributed by atoms with van der Waals surface area (Å²) < 4.78 is 57.4. The van der Waals surface area contributed by atoms with Crippen LogP contribution in [0.2, 0.25) is 0 Å². The van der Waals surface area contributed by atoms with Gasteiger partial charge in [-0.15, -0.1) is 0 Å². The number of rotatable bonds is 13. The maximum absolute atomic E-state index is 12.7. The molecule has 0 radical (unpaired) electrons. The highest BCUT2D eigenvalue weighted by Gasteiger charge is 2.57. The highest BCUT2D eigenvalue weighted by atomic mass is 32.2. The monoisotopic (exact) mass is 779 g/mol. The second kappa shape index (κ2) is 19.0. The minimum atomic E-state index is -1.78. The number of benzene rings is 1. The predicted molar refractivity (Wildman–Crippen MR) is 181 cm³/mol. The summed E-state index contributed by atoms with van der Waals surface area (Å²) in [5.41, 5.74) is -0.548. The molecule has 1 aromatic heterocycles. The molecule has 54 heavy (non-hydrogen) atoms. The van der Waals surface area contributed by atoms with Crippen molar-refractivity contribution in [2.24, 2.45) is 0 Å². The zero-order valence-electron chi connectivity index (χ0n) is 30.4. The Hall–Kier alpha value is -4.85. The zero-order chi connectivity index (χ0) is 39.7. The van der Waals surface area contributed by atoms with Gasteiger partial charge in [0.2, 0.25) is 0 Å². The van der Waals surface area contributed by atoms with Crippen molar-refractivity contribution in [1.82, 2.24) is 4.98 Å². The molecule has 0 bridgehead atoms. The molecular weight excluding hydrogens is 738 g/mol. The third-order valence-electron chi connectivity index (χ3n) is 7.72. The number of ether oxygens (including phenoxy) is 10. The Labute approximate surface area is 313 Å². The standard InChI is InChI=1S/C35H41NO17S/c1-16(37)44-14-24-28(46-18(3)39)30(47-19(4)40)32(49-21(6)42)34(51-24)53-29-25(15-45-17(2)38)52-35(33(50-22(7)43)31(29)48-20(5)41)54-26-12-8-10-23-11-9-13-36-27(23)26/h8-13,24-25,28-35H,14-15H2,1-7H3/t24-,25-,28-,29-,30+,31+,32-,33-,34-,35+/m1/s1. The molecule has 0 N–H and O–H groups in total. The van der Waals surface area contributed by atoms with Crippen LogP contribution in [0.3, 0.4) is 0 Å². The normalized spacial score (nSPS) is 27.8. The summed E-state index contributed by atoms with van der Waals surface area (Å²) >= 11 is 1.09. The van der Waals surface area contributed by atoms with Crippen LogP contribution in [0.4, 0.5) is 0 Å². The maximum Gasteiger partial charge on any atom is 0.303 e. The number of fused-ring (bicyclic) bond motifs is 1. The van der Waals surface area contributed by atoms with Gasteiger partial charge in [0.15, 0.2) is 36.8 Å². The molecule has 4 rings (SSSR count). The Balaban J connectivity index is 1.84. The van der Waals surface area contributed by atoms with Gasteiger partial charge >= 0.3 is 41.8 Å². The van der Waals surface area contributed by atoms with Crippen molar-refractivity contribution in [3.8, 4) is 0 Å². The first-order valence-electron chi connectivity index (χ1n) is 16.6. The highest BCUT2D eigenvalue weighted by Crippen LogP contribution is 2.41. The van der Waals surface area contributed by atoms with Gasteiger partial charge in [-0.3, -0.25) is 38.5 Å². The van der Waals surface area contributed by atoms with Gasteiger partial charge in [0.1, 0.15) is 37.0 Å². The molecule has 2 fully saturated rings. The minimum absolute atomic E-state index is 0.499. The molecule has 2 aromatic rings. The first-order chi connectivity index (χ1) is 25.5. The molecule has 0 saturated carbocycles. The van der Waals surface area contributed by atoms with E-state index in [0.29, 0.717) is 10.4 Å². The number of esters is 7. The molecule has 0 unspecified atom stereocenters. The second-order valence-electron chi connectivity index (χ2n) is 12.1. The Kier molecular flexibility index (Phi) is 14.7. The van der Waals surface area contributed by atoms with E-state index >= 15 is 0 Å². The van der Waals surface area contributed by atoms with Gasteiger partial charge in [0, 0.05) is 64.9 Å². The van der Waals surface area contributed by atoms with E-state index in [2.05, 4.69) is 4.98 Å². The number of pyridine rings is 1. The lowest BCUT2D eigenvalue weighted by Gasteiger charge is -2.48. The molecule has 2 saturated heterocycles. The van der Waals surface area contributed by atoms with E-state index in [1.807, 2.05) is 12.1 Å². The quantitative estimate of drug-likeness (QED) is 0.209. The third kappa shape index (κ3) is 11.3. The number of carbonyl (C=O) groups excluding carboxylic acids is 7. The summed E-state index contributed by atoms with van der Waals surface area (Å²) in [7, 11) is 0. The van der Waals surface area contributed by atoms with Crippen LogP contribution in [0.5, 0.6) is 0 Å². The topological polar surface area (TPSA) is 225 Å². The van der Waals surface area contributed by atoms with Crippen molar-refractivity contribution in [2.75, 3.05) is 13.2 Å². The largest absolute Gasteiger partial charge is 0.463 e. The molecule has 18 nitrogen and oxygen atoms in total. The lowest BCUT2D eigenvalue weighted by Crippen LogP contribution is -2.66. The second-order valence-corrected chi connectivity index (χ2v) is 13.3. The van der Waals surface area contributed by atoms with E-state index in [0.717, 1.165) is 65.6 Å². The fourth-order valence-corrected chi connectivity index (χ4v) is 7.10. The van der Waals surface area contributed by atoms with Crippen molar-refractivity contribution < 1.29 is 80.9 Å². The lowest BCUT2D eigenvalue weighted by atomic mass is 9.96. The molecule has 1 aromatic carbocycles. The molecule has 0 aliphatic carbocycles. The van der Waals surface area contributed by atoms with Crippen molar-refractivity contribution in [3.05, 3.63) is 36.5 Å². The Bertz CT molecular complexity index is 1710. The summed E-state index contributed by atoms with van der Waals surface area (Å²) in [6.45, 7) is 6.60. The maximum atomic E-state index is 12.7. The van der Waals surface area contributed by atoms with Crippen LogP contribution in [-0.4, -0.2) is 121 Å². The van der Waals surface area contributed by atoms with Gasteiger partial charge in [-0.2, -0.15) is 0 Å². The Morgan fingerprint density at radius 3 is 1.61 bits per heavy atom. The van der Waals surface area contributed by atoms with E-state index in [9.17, 15) is 33.6 Å².